The van der Waals surface area contributed by atoms with Crippen LogP contribution in [0.3, 0.4) is 0 Å². The number of halogens is 1. The first-order valence-electron chi connectivity index (χ1n) is 11.4. The number of para-hydroxylation sites is 1. The summed E-state index contributed by atoms with van der Waals surface area (Å²) in [6.45, 7) is 5.03. The van der Waals surface area contributed by atoms with E-state index in [0.717, 1.165) is 15.4 Å². The fourth-order valence-electron chi connectivity index (χ4n) is 3.77. The molecule has 7 nitrogen and oxygen atoms in total. The second kappa shape index (κ2) is 11.6. The zero-order valence-corrected chi connectivity index (χ0v) is 22.3. The Kier molecular flexibility index (Phi) is 8.76. The lowest BCUT2D eigenvalue weighted by molar-refractivity contribution is -0.139. The van der Waals surface area contributed by atoms with Crippen molar-refractivity contribution in [3.8, 4) is 0 Å². The number of hydrogen-bond acceptors (Lipinski definition) is 4. The van der Waals surface area contributed by atoms with E-state index in [2.05, 4.69) is 5.32 Å². The maximum absolute atomic E-state index is 13.7. The Labute approximate surface area is 217 Å². The van der Waals surface area contributed by atoms with E-state index in [-0.39, 0.29) is 17.3 Å². The number of benzene rings is 3. The third kappa shape index (κ3) is 6.25. The Balaban J connectivity index is 2.04. The van der Waals surface area contributed by atoms with Gasteiger partial charge in [-0.2, -0.15) is 0 Å². The van der Waals surface area contributed by atoms with Gasteiger partial charge in [-0.15, -0.1) is 0 Å². The molecular formula is C27H30ClN3O4S. The maximum Gasteiger partial charge on any atom is 0.264 e. The summed E-state index contributed by atoms with van der Waals surface area (Å²) in [6, 6.07) is 19.5. The molecule has 0 aliphatic carbocycles. The van der Waals surface area contributed by atoms with E-state index in [1.165, 1.54) is 36.2 Å². The molecule has 3 rings (SSSR count). The SMILES string of the molecule is CNC(=O)C(C)N(Cc1ccc(C)cc1)C(=O)CN(c1ccccc1C)S(=O)(=O)c1ccc(Cl)cc1. The number of hydrogen-bond donors (Lipinski definition) is 1. The van der Waals surface area contributed by atoms with Gasteiger partial charge in [0.1, 0.15) is 12.6 Å². The summed E-state index contributed by atoms with van der Waals surface area (Å²) >= 11 is 5.97. The molecule has 0 aromatic heterocycles. The number of anilines is 1. The van der Waals surface area contributed by atoms with Crippen LogP contribution in [0, 0.1) is 13.8 Å². The summed E-state index contributed by atoms with van der Waals surface area (Å²) in [7, 11) is -2.63. The van der Waals surface area contributed by atoms with E-state index in [0.29, 0.717) is 16.3 Å². The van der Waals surface area contributed by atoms with Crippen molar-refractivity contribution >= 4 is 39.1 Å². The summed E-state index contributed by atoms with van der Waals surface area (Å²) < 4.78 is 28.6. The zero-order chi connectivity index (χ0) is 26.5. The molecule has 0 aliphatic rings. The molecule has 2 amide bonds. The van der Waals surface area contributed by atoms with Crippen molar-refractivity contribution < 1.29 is 18.0 Å². The highest BCUT2D eigenvalue weighted by Crippen LogP contribution is 2.28. The van der Waals surface area contributed by atoms with E-state index in [9.17, 15) is 18.0 Å². The molecule has 0 radical (unpaired) electrons. The molecule has 1 atom stereocenters. The van der Waals surface area contributed by atoms with E-state index in [4.69, 9.17) is 11.6 Å². The van der Waals surface area contributed by atoms with Crippen molar-refractivity contribution in [2.24, 2.45) is 0 Å². The van der Waals surface area contributed by atoms with E-state index in [1.807, 2.05) is 31.2 Å². The Bertz CT molecular complexity index is 1330. The Morgan fingerprint density at radius 2 is 1.56 bits per heavy atom. The summed E-state index contributed by atoms with van der Waals surface area (Å²) in [5.41, 5.74) is 2.96. The minimum atomic E-state index is -4.13. The average Bonchev–Trinajstić information content (AvgIpc) is 2.86. The number of aryl methyl sites for hydroxylation is 2. The monoisotopic (exact) mass is 527 g/mol. The second-order valence-corrected chi connectivity index (χ2v) is 10.8. The van der Waals surface area contributed by atoms with E-state index >= 15 is 0 Å². The van der Waals surface area contributed by atoms with Crippen LogP contribution in [0.25, 0.3) is 0 Å². The number of carbonyl (C=O) groups excluding carboxylic acids is 2. The molecule has 9 heteroatoms. The predicted octanol–water partition coefficient (Wildman–Crippen LogP) is 4.32. The minimum Gasteiger partial charge on any atom is -0.357 e. The zero-order valence-electron chi connectivity index (χ0n) is 20.7. The first-order chi connectivity index (χ1) is 17.0. The van der Waals surface area contributed by atoms with Crippen LogP contribution in [0.4, 0.5) is 5.69 Å². The van der Waals surface area contributed by atoms with Gasteiger partial charge in [0.15, 0.2) is 0 Å². The van der Waals surface area contributed by atoms with Crippen LogP contribution in [0.15, 0.2) is 77.7 Å². The first kappa shape index (κ1) is 27.2. The van der Waals surface area contributed by atoms with Crippen LogP contribution in [-0.4, -0.2) is 44.8 Å². The van der Waals surface area contributed by atoms with Crippen molar-refractivity contribution in [3.05, 3.63) is 94.5 Å². The van der Waals surface area contributed by atoms with Gasteiger partial charge in [0.25, 0.3) is 10.0 Å². The lowest BCUT2D eigenvalue weighted by atomic mass is 10.1. The van der Waals surface area contributed by atoms with E-state index < -0.39 is 28.5 Å². The molecule has 0 aliphatic heterocycles. The summed E-state index contributed by atoms with van der Waals surface area (Å²) in [5.74, 6) is -0.856. The third-order valence-electron chi connectivity index (χ3n) is 5.95. The summed E-state index contributed by atoms with van der Waals surface area (Å²) in [4.78, 5) is 27.6. The molecule has 0 fully saturated rings. The lowest BCUT2D eigenvalue weighted by Crippen LogP contribution is -2.50. The van der Waals surface area contributed by atoms with Crippen LogP contribution in [0.2, 0.25) is 5.02 Å². The topological polar surface area (TPSA) is 86.8 Å². The number of rotatable bonds is 9. The van der Waals surface area contributed by atoms with Crippen LogP contribution >= 0.6 is 11.6 Å². The fourth-order valence-corrected chi connectivity index (χ4v) is 5.38. The average molecular weight is 528 g/mol. The highest BCUT2D eigenvalue weighted by Gasteiger charge is 2.32. The van der Waals surface area contributed by atoms with Crippen LogP contribution < -0.4 is 9.62 Å². The lowest BCUT2D eigenvalue weighted by Gasteiger charge is -2.32. The Morgan fingerprint density at radius 1 is 0.944 bits per heavy atom. The number of carbonyl (C=O) groups is 2. The molecule has 0 heterocycles. The largest absolute Gasteiger partial charge is 0.357 e. The number of sulfonamides is 1. The van der Waals surface area contributed by atoms with Crippen molar-refractivity contribution in [1.82, 2.24) is 10.2 Å². The number of nitrogens with zero attached hydrogens (tertiary/aromatic N) is 2. The highest BCUT2D eigenvalue weighted by molar-refractivity contribution is 7.92. The third-order valence-corrected chi connectivity index (χ3v) is 7.98. The van der Waals surface area contributed by atoms with Crippen LogP contribution in [0.1, 0.15) is 23.6 Å². The molecule has 0 bridgehead atoms. The summed E-state index contributed by atoms with van der Waals surface area (Å²) in [5, 5.41) is 2.97. The van der Waals surface area contributed by atoms with Gasteiger partial charge in [-0.25, -0.2) is 8.42 Å². The highest BCUT2D eigenvalue weighted by atomic mass is 35.5. The normalized spacial score (nSPS) is 12.0. The standard InChI is InChI=1S/C27H30ClN3O4S/c1-19-9-11-22(12-10-19)17-30(21(3)27(33)29-4)26(32)18-31(25-8-6-5-7-20(25)2)36(34,35)24-15-13-23(28)14-16-24/h5-16,21H,17-18H2,1-4H3,(H,29,33). The Hall–Kier alpha value is -3.36. The van der Waals surface area contributed by atoms with Gasteiger partial charge in [0.2, 0.25) is 11.8 Å². The summed E-state index contributed by atoms with van der Waals surface area (Å²) in [6.07, 6.45) is 0. The predicted molar refractivity (Wildman–Crippen MR) is 142 cm³/mol. The van der Waals surface area contributed by atoms with Gasteiger partial charge in [0, 0.05) is 18.6 Å². The van der Waals surface area contributed by atoms with Gasteiger partial charge >= 0.3 is 0 Å². The number of likely N-dealkylation sites (N-methyl/N-ethyl adjacent to an activating group) is 1. The Morgan fingerprint density at radius 3 is 2.14 bits per heavy atom. The van der Waals surface area contributed by atoms with Gasteiger partial charge in [0.05, 0.1) is 10.6 Å². The first-order valence-corrected chi connectivity index (χ1v) is 13.3. The van der Waals surface area contributed by atoms with Crippen molar-refractivity contribution in [2.75, 3.05) is 17.9 Å². The second-order valence-electron chi connectivity index (χ2n) is 8.55. The molecule has 0 saturated heterocycles. The molecule has 36 heavy (non-hydrogen) atoms. The molecule has 3 aromatic carbocycles. The van der Waals surface area contributed by atoms with Gasteiger partial charge in [-0.3, -0.25) is 13.9 Å². The quantitative estimate of drug-likeness (QED) is 0.449. The van der Waals surface area contributed by atoms with Crippen LogP contribution in [-0.2, 0) is 26.2 Å². The molecule has 3 aromatic rings. The smallest absolute Gasteiger partial charge is 0.264 e. The molecule has 0 saturated carbocycles. The fraction of sp³-hybridized carbons (Fsp3) is 0.259. The van der Waals surface area contributed by atoms with Crippen molar-refractivity contribution in [1.29, 1.82) is 0 Å². The molecule has 1 N–H and O–H groups in total. The minimum absolute atomic E-state index is 0.00684. The molecule has 0 spiro atoms. The molecule has 190 valence electrons. The van der Waals surface area contributed by atoms with Gasteiger partial charge < -0.3 is 10.2 Å². The molecule has 1 unspecified atom stereocenters. The maximum atomic E-state index is 13.7. The number of nitrogens with one attached hydrogen (secondary N) is 1. The number of amides is 2. The molecular weight excluding hydrogens is 498 g/mol. The van der Waals surface area contributed by atoms with Crippen molar-refractivity contribution in [3.63, 3.8) is 0 Å². The van der Waals surface area contributed by atoms with Crippen LogP contribution in [0.5, 0.6) is 0 Å². The van der Waals surface area contributed by atoms with E-state index in [1.54, 1.807) is 38.1 Å². The van der Waals surface area contributed by atoms with Gasteiger partial charge in [-0.1, -0.05) is 59.6 Å². The van der Waals surface area contributed by atoms with Gasteiger partial charge in [-0.05, 0) is 62.2 Å². The van der Waals surface area contributed by atoms with Crippen molar-refractivity contribution in [2.45, 2.75) is 38.3 Å².